The van der Waals surface area contributed by atoms with Gasteiger partial charge in [-0.1, -0.05) is 30.3 Å². The second kappa shape index (κ2) is 7.20. The maximum atomic E-state index is 12.6. The first-order valence-electron chi connectivity index (χ1n) is 9.58. The zero-order valence-corrected chi connectivity index (χ0v) is 15.9. The number of aryl methyl sites for hydroxylation is 2. The van der Waals surface area contributed by atoms with Crippen LogP contribution in [0.2, 0.25) is 0 Å². The zero-order valence-electron chi connectivity index (χ0n) is 15.9. The molecular formula is C23H25NO3. The van der Waals surface area contributed by atoms with E-state index in [1.807, 2.05) is 50.2 Å². The number of hydrogen-bond donors (Lipinski definition) is 1. The Morgan fingerprint density at radius 1 is 1.07 bits per heavy atom. The summed E-state index contributed by atoms with van der Waals surface area (Å²) < 4.78 is 5.60. The van der Waals surface area contributed by atoms with E-state index in [-0.39, 0.29) is 11.4 Å². The SMILES string of the molecule is Cc1cc2oc(=O)c(Cc3ccccc3)c(C)c2c(O)c1CN1CCCC1. The standard InChI is InChI=1S/C23H25NO3/c1-15-12-20-21(22(25)19(15)14-24-10-6-7-11-24)16(2)18(23(26)27-20)13-17-8-4-3-5-9-17/h3-5,8-9,12,25H,6-7,10-11,13-14H2,1-2H3. The molecule has 2 aromatic carbocycles. The van der Waals surface area contributed by atoms with Crippen molar-refractivity contribution in [2.45, 2.75) is 39.7 Å². The molecule has 1 N–H and O–H groups in total. The summed E-state index contributed by atoms with van der Waals surface area (Å²) in [4.78, 5) is 15.0. The van der Waals surface area contributed by atoms with Crippen molar-refractivity contribution in [1.29, 1.82) is 0 Å². The predicted molar refractivity (Wildman–Crippen MR) is 107 cm³/mol. The first kappa shape index (κ1) is 17.8. The minimum atomic E-state index is -0.324. The molecule has 2 heterocycles. The van der Waals surface area contributed by atoms with E-state index >= 15 is 0 Å². The van der Waals surface area contributed by atoms with Gasteiger partial charge in [0.25, 0.3) is 0 Å². The van der Waals surface area contributed by atoms with Crippen molar-refractivity contribution < 1.29 is 9.52 Å². The third-order valence-corrected chi connectivity index (χ3v) is 5.67. The molecule has 3 aromatic rings. The molecule has 4 heteroatoms. The molecule has 1 saturated heterocycles. The predicted octanol–water partition coefficient (Wildman–Crippen LogP) is 4.30. The molecular weight excluding hydrogens is 338 g/mol. The highest BCUT2D eigenvalue weighted by Gasteiger charge is 2.21. The van der Waals surface area contributed by atoms with Crippen LogP contribution in [0.1, 0.15) is 40.7 Å². The molecule has 0 bridgehead atoms. The number of phenols is 1. The summed E-state index contributed by atoms with van der Waals surface area (Å²) in [5.41, 5.74) is 4.52. The molecule has 0 atom stereocenters. The van der Waals surface area contributed by atoms with Gasteiger partial charge in [0, 0.05) is 24.1 Å². The summed E-state index contributed by atoms with van der Waals surface area (Å²) in [6.45, 7) is 6.75. The second-order valence-corrected chi connectivity index (χ2v) is 7.53. The van der Waals surface area contributed by atoms with Gasteiger partial charge in [-0.05, 0) is 62.5 Å². The van der Waals surface area contributed by atoms with Crippen LogP contribution in [-0.2, 0) is 13.0 Å². The summed E-state index contributed by atoms with van der Waals surface area (Å²) in [7, 11) is 0. The zero-order chi connectivity index (χ0) is 19.0. The molecule has 0 amide bonds. The number of benzene rings is 2. The van der Waals surface area contributed by atoms with E-state index in [1.54, 1.807) is 0 Å². The topological polar surface area (TPSA) is 53.7 Å². The molecule has 0 radical (unpaired) electrons. The molecule has 0 spiro atoms. The molecule has 1 aliphatic heterocycles. The van der Waals surface area contributed by atoms with Crippen molar-refractivity contribution in [3.63, 3.8) is 0 Å². The fourth-order valence-corrected chi connectivity index (χ4v) is 4.09. The first-order valence-corrected chi connectivity index (χ1v) is 9.58. The Morgan fingerprint density at radius 3 is 2.48 bits per heavy atom. The van der Waals surface area contributed by atoms with Crippen molar-refractivity contribution in [2.24, 2.45) is 0 Å². The summed E-state index contributed by atoms with van der Waals surface area (Å²) in [5.74, 6) is 0.257. The Morgan fingerprint density at radius 2 is 1.78 bits per heavy atom. The van der Waals surface area contributed by atoms with Gasteiger partial charge in [0.2, 0.25) is 0 Å². The lowest BCUT2D eigenvalue weighted by atomic mass is 9.96. The van der Waals surface area contributed by atoms with E-state index in [2.05, 4.69) is 4.90 Å². The molecule has 1 aliphatic rings. The van der Waals surface area contributed by atoms with Gasteiger partial charge in [-0.3, -0.25) is 4.90 Å². The fraction of sp³-hybridized carbons (Fsp3) is 0.348. The van der Waals surface area contributed by atoms with Crippen LogP contribution in [0, 0.1) is 13.8 Å². The van der Waals surface area contributed by atoms with Crippen LogP contribution < -0.4 is 5.63 Å². The molecule has 4 nitrogen and oxygen atoms in total. The van der Waals surface area contributed by atoms with Crippen LogP contribution in [0.15, 0.2) is 45.6 Å². The van der Waals surface area contributed by atoms with Crippen LogP contribution in [0.4, 0.5) is 0 Å². The van der Waals surface area contributed by atoms with Crippen LogP contribution in [0.25, 0.3) is 11.0 Å². The fourth-order valence-electron chi connectivity index (χ4n) is 4.09. The normalized spacial score (nSPS) is 14.9. The van der Waals surface area contributed by atoms with Crippen LogP contribution >= 0.6 is 0 Å². The number of nitrogens with zero attached hydrogens (tertiary/aromatic N) is 1. The van der Waals surface area contributed by atoms with Gasteiger partial charge in [-0.2, -0.15) is 0 Å². The molecule has 0 aliphatic carbocycles. The highest BCUT2D eigenvalue weighted by molar-refractivity contribution is 5.89. The molecule has 4 rings (SSSR count). The molecule has 1 fully saturated rings. The number of phenolic OH excluding ortho intramolecular Hbond substituents is 1. The van der Waals surface area contributed by atoms with E-state index < -0.39 is 0 Å². The number of rotatable bonds is 4. The molecule has 0 saturated carbocycles. The lowest BCUT2D eigenvalue weighted by Crippen LogP contribution is -2.19. The highest BCUT2D eigenvalue weighted by Crippen LogP contribution is 2.35. The van der Waals surface area contributed by atoms with E-state index in [0.29, 0.717) is 23.0 Å². The number of fused-ring (bicyclic) bond motifs is 1. The Labute approximate surface area is 159 Å². The van der Waals surface area contributed by atoms with E-state index in [1.165, 1.54) is 12.8 Å². The van der Waals surface area contributed by atoms with Crippen LogP contribution in [0.3, 0.4) is 0 Å². The first-order chi connectivity index (χ1) is 13.0. The minimum Gasteiger partial charge on any atom is -0.507 e. The second-order valence-electron chi connectivity index (χ2n) is 7.53. The maximum Gasteiger partial charge on any atom is 0.340 e. The van der Waals surface area contributed by atoms with Gasteiger partial charge in [-0.25, -0.2) is 4.79 Å². The van der Waals surface area contributed by atoms with Gasteiger partial charge in [0.15, 0.2) is 0 Å². The number of aromatic hydroxyl groups is 1. The average molecular weight is 363 g/mol. The van der Waals surface area contributed by atoms with Gasteiger partial charge >= 0.3 is 5.63 Å². The molecule has 140 valence electrons. The Kier molecular flexibility index (Phi) is 4.75. The van der Waals surface area contributed by atoms with Gasteiger partial charge in [0.1, 0.15) is 11.3 Å². The van der Waals surface area contributed by atoms with Gasteiger partial charge in [0.05, 0.1) is 5.39 Å². The van der Waals surface area contributed by atoms with Crippen molar-refractivity contribution in [2.75, 3.05) is 13.1 Å². The number of hydrogen-bond acceptors (Lipinski definition) is 4. The Bertz CT molecular complexity index is 1030. The average Bonchev–Trinajstić information content (AvgIpc) is 3.16. The lowest BCUT2D eigenvalue weighted by molar-refractivity contribution is 0.324. The van der Waals surface area contributed by atoms with Crippen molar-refractivity contribution in [3.8, 4) is 5.75 Å². The summed E-state index contributed by atoms with van der Waals surface area (Å²) in [6.07, 6.45) is 2.92. The van der Waals surface area contributed by atoms with Crippen LogP contribution in [0.5, 0.6) is 5.75 Å². The summed E-state index contributed by atoms with van der Waals surface area (Å²) >= 11 is 0. The third kappa shape index (κ3) is 3.37. The quantitative estimate of drug-likeness (QED) is 0.702. The van der Waals surface area contributed by atoms with E-state index in [9.17, 15) is 9.90 Å². The molecule has 1 aromatic heterocycles. The smallest absolute Gasteiger partial charge is 0.340 e. The molecule has 0 unspecified atom stereocenters. The maximum absolute atomic E-state index is 12.6. The summed E-state index contributed by atoms with van der Waals surface area (Å²) in [6, 6.07) is 11.8. The van der Waals surface area contributed by atoms with E-state index in [4.69, 9.17) is 4.42 Å². The van der Waals surface area contributed by atoms with Crippen molar-refractivity contribution >= 4 is 11.0 Å². The number of likely N-dealkylation sites (tertiary alicyclic amines) is 1. The third-order valence-electron chi connectivity index (χ3n) is 5.67. The highest BCUT2D eigenvalue weighted by atomic mass is 16.4. The van der Waals surface area contributed by atoms with Gasteiger partial charge in [-0.15, -0.1) is 0 Å². The monoisotopic (exact) mass is 363 g/mol. The summed E-state index contributed by atoms with van der Waals surface area (Å²) in [5, 5.41) is 11.7. The lowest BCUT2D eigenvalue weighted by Gasteiger charge is -2.19. The van der Waals surface area contributed by atoms with E-state index in [0.717, 1.165) is 41.9 Å². The van der Waals surface area contributed by atoms with Gasteiger partial charge < -0.3 is 9.52 Å². The van der Waals surface area contributed by atoms with Crippen molar-refractivity contribution in [1.82, 2.24) is 4.90 Å². The Balaban J connectivity index is 1.83. The minimum absolute atomic E-state index is 0.257. The largest absolute Gasteiger partial charge is 0.507 e. The van der Waals surface area contributed by atoms with Crippen LogP contribution in [-0.4, -0.2) is 23.1 Å². The molecule has 27 heavy (non-hydrogen) atoms. The van der Waals surface area contributed by atoms with Crippen molar-refractivity contribution in [3.05, 3.63) is 74.6 Å². The Hall–Kier alpha value is -2.59.